The minimum atomic E-state index is -0.946. The van der Waals surface area contributed by atoms with Crippen LogP contribution in [0.1, 0.15) is 29.3 Å². The first kappa shape index (κ1) is 18.5. The Morgan fingerprint density at radius 2 is 1.88 bits per heavy atom. The van der Waals surface area contributed by atoms with E-state index < -0.39 is 5.97 Å². The summed E-state index contributed by atoms with van der Waals surface area (Å²) in [5, 5.41) is 11.9. The molecule has 5 heteroatoms. The minimum Gasteiger partial charge on any atom is -0.494 e. The summed E-state index contributed by atoms with van der Waals surface area (Å²) in [7, 11) is 0. The minimum absolute atomic E-state index is 0.0222. The number of carbonyl (C=O) groups is 2. The van der Waals surface area contributed by atoms with E-state index in [1.807, 2.05) is 43.3 Å². The lowest BCUT2D eigenvalue weighted by atomic mass is 10.1. The second-order valence-corrected chi connectivity index (χ2v) is 5.90. The Morgan fingerprint density at radius 1 is 1.12 bits per heavy atom. The van der Waals surface area contributed by atoms with E-state index in [1.54, 1.807) is 18.2 Å². The SMILES string of the molecule is CC(CCOc1ccccc1)C(=O)NCCc1cccc(C(=O)O)c1. The molecular formula is C20H23NO4. The van der Waals surface area contributed by atoms with Gasteiger partial charge in [0.2, 0.25) is 5.91 Å². The van der Waals surface area contributed by atoms with Crippen LogP contribution >= 0.6 is 0 Å². The predicted molar refractivity (Wildman–Crippen MR) is 95.8 cm³/mol. The van der Waals surface area contributed by atoms with E-state index in [0.717, 1.165) is 11.3 Å². The number of amides is 1. The fourth-order valence-corrected chi connectivity index (χ4v) is 2.37. The van der Waals surface area contributed by atoms with Gasteiger partial charge in [0.15, 0.2) is 0 Å². The van der Waals surface area contributed by atoms with Crippen molar-refractivity contribution < 1.29 is 19.4 Å². The molecule has 0 aliphatic rings. The van der Waals surface area contributed by atoms with Crippen LogP contribution in [0.5, 0.6) is 5.75 Å². The highest BCUT2D eigenvalue weighted by atomic mass is 16.5. The van der Waals surface area contributed by atoms with Gasteiger partial charge in [0.1, 0.15) is 5.75 Å². The first-order chi connectivity index (χ1) is 12.1. The van der Waals surface area contributed by atoms with Crippen molar-refractivity contribution in [1.82, 2.24) is 5.32 Å². The van der Waals surface area contributed by atoms with Crippen molar-refractivity contribution in [2.75, 3.05) is 13.2 Å². The number of ether oxygens (including phenoxy) is 1. The summed E-state index contributed by atoms with van der Waals surface area (Å²) in [6, 6.07) is 16.3. The van der Waals surface area contributed by atoms with Crippen LogP contribution in [-0.2, 0) is 11.2 Å². The van der Waals surface area contributed by atoms with Crippen molar-refractivity contribution >= 4 is 11.9 Å². The summed E-state index contributed by atoms with van der Waals surface area (Å²) in [5.41, 5.74) is 1.15. The lowest BCUT2D eigenvalue weighted by molar-refractivity contribution is -0.124. The molecule has 0 saturated carbocycles. The fourth-order valence-electron chi connectivity index (χ4n) is 2.37. The largest absolute Gasteiger partial charge is 0.494 e. The maximum absolute atomic E-state index is 12.1. The average Bonchev–Trinajstić information content (AvgIpc) is 2.62. The van der Waals surface area contributed by atoms with Crippen LogP contribution in [0, 0.1) is 5.92 Å². The summed E-state index contributed by atoms with van der Waals surface area (Å²) in [6.45, 7) is 2.83. The van der Waals surface area contributed by atoms with Crippen molar-refractivity contribution in [3.63, 3.8) is 0 Å². The number of carboxylic acid groups (broad SMARTS) is 1. The number of rotatable bonds is 9. The summed E-state index contributed by atoms with van der Waals surface area (Å²) < 4.78 is 5.60. The number of para-hydroxylation sites is 1. The van der Waals surface area contributed by atoms with Gasteiger partial charge in [-0.3, -0.25) is 4.79 Å². The van der Waals surface area contributed by atoms with Gasteiger partial charge in [-0.2, -0.15) is 0 Å². The molecular weight excluding hydrogens is 318 g/mol. The zero-order valence-electron chi connectivity index (χ0n) is 14.3. The van der Waals surface area contributed by atoms with Crippen LogP contribution in [-0.4, -0.2) is 30.1 Å². The van der Waals surface area contributed by atoms with Crippen molar-refractivity contribution in [2.24, 2.45) is 5.92 Å². The molecule has 0 aromatic heterocycles. The zero-order valence-corrected chi connectivity index (χ0v) is 14.3. The number of carbonyl (C=O) groups excluding carboxylic acids is 1. The highest BCUT2D eigenvalue weighted by Crippen LogP contribution is 2.11. The summed E-state index contributed by atoms with van der Waals surface area (Å²) >= 11 is 0. The van der Waals surface area contributed by atoms with E-state index in [9.17, 15) is 9.59 Å². The van der Waals surface area contributed by atoms with Crippen molar-refractivity contribution in [3.8, 4) is 5.75 Å². The Bertz CT molecular complexity index is 700. The molecule has 1 atom stereocenters. The van der Waals surface area contributed by atoms with Crippen LogP contribution in [0.3, 0.4) is 0 Å². The van der Waals surface area contributed by atoms with Gasteiger partial charge in [-0.1, -0.05) is 37.3 Å². The Hall–Kier alpha value is -2.82. The molecule has 0 radical (unpaired) electrons. The van der Waals surface area contributed by atoms with Gasteiger partial charge in [0, 0.05) is 12.5 Å². The van der Waals surface area contributed by atoms with Gasteiger partial charge in [0.25, 0.3) is 0 Å². The molecule has 0 heterocycles. The number of nitrogens with one attached hydrogen (secondary N) is 1. The van der Waals surface area contributed by atoms with Crippen molar-refractivity contribution in [2.45, 2.75) is 19.8 Å². The third-order valence-electron chi connectivity index (χ3n) is 3.90. The Labute approximate surface area is 147 Å². The van der Waals surface area contributed by atoms with Crippen molar-refractivity contribution in [3.05, 3.63) is 65.7 Å². The molecule has 1 amide bonds. The number of carboxylic acids is 1. The Kier molecular flexibility index (Phi) is 7.01. The molecule has 5 nitrogen and oxygen atoms in total. The van der Waals surface area contributed by atoms with E-state index in [2.05, 4.69) is 5.32 Å². The molecule has 0 aliphatic carbocycles. The molecule has 0 spiro atoms. The third-order valence-corrected chi connectivity index (χ3v) is 3.90. The maximum Gasteiger partial charge on any atom is 0.335 e. The van der Waals surface area contributed by atoms with E-state index in [1.165, 1.54) is 0 Å². The van der Waals surface area contributed by atoms with Gasteiger partial charge in [-0.15, -0.1) is 0 Å². The smallest absolute Gasteiger partial charge is 0.335 e. The highest BCUT2D eigenvalue weighted by molar-refractivity contribution is 5.87. The second-order valence-electron chi connectivity index (χ2n) is 5.90. The molecule has 2 N–H and O–H groups in total. The van der Waals surface area contributed by atoms with Crippen LogP contribution in [0.25, 0.3) is 0 Å². The van der Waals surface area contributed by atoms with E-state index in [0.29, 0.717) is 26.0 Å². The lowest BCUT2D eigenvalue weighted by Crippen LogP contribution is -2.31. The normalized spacial score (nSPS) is 11.6. The number of hydrogen-bond donors (Lipinski definition) is 2. The molecule has 0 saturated heterocycles. The molecule has 132 valence electrons. The predicted octanol–water partition coefficient (Wildman–Crippen LogP) is 3.15. The molecule has 0 bridgehead atoms. The second kappa shape index (κ2) is 9.47. The quantitative estimate of drug-likeness (QED) is 0.735. The number of benzene rings is 2. The first-order valence-electron chi connectivity index (χ1n) is 8.34. The van der Waals surface area contributed by atoms with Crippen LogP contribution in [0.4, 0.5) is 0 Å². The standard InChI is InChI=1S/C20H23NO4/c1-15(11-13-25-18-8-3-2-4-9-18)19(22)21-12-10-16-6-5-7-17(14-16)20(23)24/h2-9,14-15H,10-13H2,1H3,(H,21,22)(H,23,24). The molecule has 2 rings (SSSR count). The summed E-state index contributed by atoms with van der Waals surface area (Å²) in [4.78, 5) is 23.0. The molecule has 2 aromatic rings. The van der Waals surface area contributed by atoms with Gasteiger partial charge in [-0.25, -0.2) is 4.79 Å². The van der Waals surface area contributed by atoms with Crippen LogP contribution in [0.2, 0.25) is 0 Å². The fraction of sp³-hybridized carbons (Fsp3) is 0.300. The Morgan fingerprint density at radius 3 is 2.60 bits per heavy atom. The molecule has 1 unspecified atom stereocenters. The van der Waals surface area contributed by atoms with E-state index in [-0.39, 0.29) is 17.4 Å². The van der Waals surface area contributed by atoms with E-state index in [4.69, 9.17) is 9.84 Å². The van der Waals surface area contributed by atoms with Crippen LogP contribution < -0.4 is 10.1 Å². The molecule has 2 aromatic carbocycles. The number of hydrogen-bond acceptors (Lipinski definition) is 3. The summed E-state index contributed by atoms with van der Waals surface area (Å²) in [6.07, 6.45) is 1.23. The molecule has 0 aliphatic heterocycles. The van der Waals surface area contributed by atoms with Crippen molar-refractivity contribution in [1.29, 1.82) is 0 Å². The average molecular weight is 341 g/mol. The highest BCUT2D eigenvalue weighted by Gasteiger charge is 2.12. The van der Waals surface area contributed by atoms with Gasteiger partial charge in [0.05, 0.1) is 12.2 Å². The monoisotopic (exact) mass is 341 g/mol. The van der Waals surface area contributed by atoms with Crippen LogP contribution in [0.15, 0.2) is 54.6 Å². The third kappa shape index (κ3) is 6.30. The Balaban J connectivity index is 1.69. The summed E-state index contributed by atoms with van der Waals surface area (Å²) in [5.74, 6) is -0.313. The topological polar surface area (TPSA) is 75.6 Å². The zero-order chi connectivity index (χ0) is 18.1. The number of aromatic carboxylic acids is 1. The first-order valence-corrected chi connectivity index (χ1v) is 8.34. The van der Waals surface area contributed by atoms with Gasteiger partial charge >= 0.3 is 5.97 Å². The van der Waals surface area contributed by atoms with Gasteiger partial charge in [-0.05, 0) is 42.7 Å². The maximum atomic E-state index is 12.1. The molecule has 0 fully saturated rings. The molecule has 25 heavy (non-hydrogen) atoms. The lowest BCUT2D eigenvalue weighted by Gasteiger charge is -2.13. The van der Waals surface area contributed by atoms with Gasteiger partial charge < -0.3 is 15.2 Å². The van der Waals surface area contributed by atoms with E-state index >= 15 is 0 Å².